The van der Waals surface area contributed by atoms with Gasteiger partial charge in [-0.2, -0.15) is 0 Å². The number of benzene rings is 1. The first-order valence-corrected chi connectivity index (χ1v) is 6.65. The Bertz CT molecular complexity index is 373. The lowest BCUT2D eigenvalue weighted by molar-refractivity contribution is 0.318. The molecule has 1 fully saturated rings. The Kier molecular flexibility index (Phi) is 3.90. The van der Waals surface area contributed by atoms with E-state index in [0.29, 0.717) is 12.0 Å². The Morgan fingerprint density at radius 3 is 2.88 bits per heavy atom. The summed E-state index contributed by atoms with van der Waals surface area (Å²) in [4.78, 5) is 2.38. The number of likely N-dealkylation sites (tertiary alicyclic amines) is 1. The molecule has 2 rings (SSSR count). The number of hydrogen-bond donors (Lipinski definition) is 1. The molecular weight excluding hydrogens is 288 g/mol. The normalized spacial score (nSPS) is 26.2. The first kappa shape index (κ1) is 12.4. The molecule has 2 N–H and O–H groups in total. The van der Waals surface area contributed by atoms with E-state index in [1.54, 1.807) is 0 Å². The molecule has 88 valence electrons. The van der Waals surface area contributed by atoms with Crippen LogP contribution in [0.15, 0.2) is 22.7 Å². The Hall–Kier alpha value is -0.0900. The summed E-state index contributed by atoms with van der Waals surface area (Å²) in [6.07, 6.45) is 0. The SMILES string of the molecule is CC1CN(Cc2cc(Cl)ccc2Br)CC1N. The highest BCUT2D eigenvalue weighted by Gasteiger charge is 2.26. The van der Waals surface area contributed by atoms with Gasteiger partial charge in [-0.15, -0.1) is 0 Å². The van der Waals surface area contributed by atoms with Crippen LogP contribution in [0.2, 0.25) is 5.02 Å². The molecule has 1 aromatic carbocycles. The number of halogens is 2. The Balaban J connectivity index is 2.07. The molecule has 0 aromatic heterocycles. The topological polar surface area (TPSA) is 29.3 Å². The smallest absolute Gasteiger partial charge is 0.0410 e. The fraction of sp³-hybridized carbons (Fsp3) is 0.500. The van der Waals surface area contributed by atoms with Crippen LogP contribution < -0.4 is 5.73 Å². The predicted octanol–water partition coefficient (Wildman–Crippen LogP) is 2.88. The van der Waals surface area contributed by atoms with Crippen LogP contribution in [0.3, 0.4) is 0 Å². The van der Waals surface area contributed by atoms with Gasteiger partial charge in [0, 0.05) is 35.2 Å². The fourth-order valence-corrected chi connectivity index (χ4v) is 2.70. The van der Waals surface area contributed by atoms with Crippen LogP contribution in [-0.2, 0) is 6.54 Å². The zero-order valence-corrected chi connectivity index (χ0v) is 11.6. The van der Waals surface area contributed by atoms with E-state index >= 15 is 0 Å². The fourth-order valence-electron chi connectivity index (χ4n) is 2.13. The standard InChI is InChI=1S/C12H16BrClN2/c1-8-5-16(7-12(8)15)6-9-4-10(14)2-3-11(9)13/h2-4,8,12H,5-7,15H2,1H3. The number of nitrogens with zero attached hydrogens (tertiary/aromatic N) is 1. The first-order chi connectivity index (χ1) is 7.56. The average Bonchev–Trinajstić information content (AvgIpc) is 2.52. The summed E-state index contributed by atoms with van der Waals surface area (Å²) < 4.78 is 1.12. The predicted molar refractivity (Wildman–Crippen MR) is 71.6 cm³/mol. The number of nitrogens with two attached hydrogens (primary N) is 1. The van der Waals surface area contributed by atoms with E-state index < -0.39 is 0 Å². The van der Waals surface area contributed by atoms with Crippen molar-refractivity contribution in [3.63, 3.8) is 0 Å². The van der Waals surface area contributed by atoms with E-state index in [9.17, 15) is 0 Å². The summed E-state index contributed by atoms with van der Waals surface area (Å²) in [5.41, 5.74) is 7.24. The maximum absolute atomic E-state index is 6.01. The Labute approximate surface area is 110 Å². The second-order valence-electron chi connectivity index (χ2n) is 4.57. The van der Waals surface area contributed by atoms with Gasteiger partial charge in [0.2, 0.25) is 0 Å². The lowest BCUT2D eigenvalue weighted by atomic mass is 10.1. The van der Waals surface area contributed by atoms with Crippen molar-refractivity contribution in [2.45, 2.75) is 19.5 Å². The van der Waals surface area contributed by atoms with Crippen molar-refractivity contribution in [3.05, 3.63) is 33.3 Å². The van der Waals surface area contributed by atoms with Gasteiger partial charge >= 0.3 is 0 Å². The molecule has 16 heavy (non-hydrogen) atoms. The van der Waals surface area contributed by atoms with Gasteiger partial charge in [-0.3, -0.25) is 4.90 Å². The third-order valence-corrected chi connectivity index (χ3v) is 4.16. The maximum Gasteiger partial charge on any atom is 0.0410 e. The summed E-state index contributed by atoms with van der Waals surface area (Å²) in [6.45, 7) is 5.16. The molecule has 1 aromatic rings. The molecule has 0 spiro atoms. The molecule has 0 saturated carbocycles. The minimum atomic E-state index is 0.304. The van der Waals surface area contributed by atoms with Crippen molar-refractivity contribution in [2.75, 3.05) is 13.1 Å². The van der Waals surface area contributed by atoms with Crippen LogP contribution in [0.4, 0.5) is 0 Å². The third-order valence-electron chi connectivity index (χ3n) is 3.15. The van der Waals surface area contributed by atoms with Crippen molar-refractivity contribution < 1.29 is 0 Å². The lowest BCUT2D eigenvalue weighted by Crippen LogP contribution is -2.28. The molecular formula is C12H16BrClN2. The van der Waals surface area contributed by atoms with Gasteiger partial charge in [-0.05, 0) is 29.7 Å². The Morgan fingerprint density at radius 1 is 1.50 bits per heavy atom. The van der Waals surface area contributed by atoms with Crippen molar-refractivity contribution >= 4 is 27.5 Å². The third kappa shape index (κ3) is 2.77. The summed E-state index contributed by atoms with van der Waals surface area (Å²) in [5.74, 6) is 0.581. The maximum atomic E-state index is 6.01. The molecule has 1 aliphatic heterocycles. The highest BCUT2D eigenvalue weighted by molar-refractivity contribution is 9.10. The van der Waals surface area contributed by atoms with Crippen LogP contribution in [0, 0.1) is 5.92 Å². The van der Waals surface area contributed by atoms with E-state index in [1.165, 1.54) is 5.56 Å². The molecule has 1 aliphatic rings. The minimum absolute atomic E-state index is 0.304. The summed E-state index contributed by atoms with van der Waals surface area (Å²) in [6, 6.07) is 6.21. The zero-order chi connectivity index (χ0) is 11.7. The highest BCUT2D eigenvalue weighted by Crippen LogP contribution is 2.24. The second-order valence-corrected chi connectivity index (χ2v) is 5.86. The van der Waals surface area contributed by atoms with Crippen LogP contribution >= 0.6 is 27.5 Å². The van der Waals surface area contributed by atoms with Gasteiger partial charge in [-0.1, -0.05) is 34.5 Å². The molecule has 0 amide bonds. The minimum Gasteiger partial charge on any atom is -0.326 e. The molecule has 0 radical (unpaired) electrons. The Morgan fingerprint density at radius 2 is 2.25 bits per heavy atom. The summed E-state index contributed by atoms with van der Waals surface area (Å²) in [5, 5.41) is 0.787. The number of rotatable bonds is 2. The molecule has 1 saturated heterocycles. The van der Waals surface area contributed by atoms with Crippen molar-refractivity contribution in [1.82, 2.24) is 4.90 Å². The van der Waals surface area contributed by atoms with E-state index in [1.807, 2.05) is 18.2 Å². The van der Waals surface area contributed by atoms with Gasteiger partial charge < -0.3 is 5.73 Å². The van der Waals surface area contributed by atoms with E-state index in [2.05, 4.69) is 27.8 Å². The second kappa shape index (κ2) is 5.05. The largest absolute Gasteiger partial charge is 0.326 e. The summed E-state index contributed by atoms with van der Waals surface area (Å²) >= 11 is 9.55. The van der Waals surface area contributed by atoms with Crippen LogP contribution in [0.5, 0.6) is 0 Å². The molecule has 4 heteroatoms. The van der Waals surface area contributed by atoms with Crippen molar-refractivity contribution in [3.8, 4) is 0 Å². The van der Waals surface area contributed by atoms with E-state index in [-0.39, 0.29) is 0 Å². The lowest BCUT2D eigenvalue weighted by Gasteiger charge is -2.16. The highest BCUT2D eigenvalue weighted by atomic mass is 79.9. The van der Waals surface area contributed by atoms with Gasteiger partial charge in [0.25, 0.3) is 0 Å². The van der Waals surface area contributed by atoms with Crippen LogP contribution in [-0.4, -0.2) is 24.0 Å². The van der Waals surface area contributed by atoms with Gasteiger partial charge in [-0.25, -0.2) is 0 Å². The monoisotopic (exact) mass is 302 g/mol. The average molecular weight is 304 g/mol. The van der Waals surface area contributed by atoms with Gasteiger partial charge in [0.15, 0.2) is 0 Å². The van der Waals surface area contributed by atoms with E-state index in [0.717, 1.165) is 29.1 Å². The molecule has 2 atom stereocenters. The van der Waals surface area contributed by atoms with Crippen molar-refractivity contribution in [1.29, 1.82) is 0 Å². The van der Waals surface area contributed by atoms with Crippen molar-refractivity contribution in [2.24, 2.45) is 11.7 Å². The number of hydrogen-bond acceptors (Lipinski definition) is 2. The molecule has 2 unspecified atom stereocenters. The van der Waals surface area contributed by atoms with Crippen LogP contribution in [0.1, 0.15) is 12.5 Å². The molecule has 0 bridgehead atoms. The first-order valence-electron chi connectivity index (χ1n) is 5.48. The summed E-state index contributed by atoms with van der Waals surface area (Å²) in [7, 11) is 0. The molecule has 2 nitrogen and oxygen atoms in total. The van der Waals surface area contributed by atoms with Gasteiger partial charge in [0.05, 0.1) is 0 Å². The van der Waals surface area contributed by atoms with E-state index in [4.69, 9.17) is 17.3 Å². The quantitative estimate of drug-likeness (QED) is 0.910. The van der Waals surface area contributed by atoms with Crippen LogP contribution in [0.25, 0.3) is 0 Å². The molecule has 1 heterocycles. The van der Waals surface area contributed by atoms with Gasteiger partial charge in [0.1, 0.15) is 0 Å². The zero-order valence-electron chi connectivity index (χ0n) is 9.29. The molecule has 0 aliphatic carbocycles.